The Hall–Kier alpha value is -2.08. The summed E-state index contributed by atoms with van der Waals surface area (Å²) in [4.78, 5) is 25.1. The van der Waals surface area contributed by atoms with Gasteiger partial charge in [-0.3, -0.25) is 0 Å². The molecule has 2 amide bonds. The molecule has 1 aliphatic heterocycles. The van der Waals surface area contributed by atoms with Crippen LogP contribution in [0, 0.1) is 6.92 Å². The molecule has 0 bridgehead atoms. The topological polar surface area (TPSA) is 78.9 Å². The van der Waals surface area contributed by atoms with Gasteiger partial charge in [0.15, 0.2) is 0 Å². The molecule has 0 saturated carbocycles. The number of carboxylic acids is 1. The Bertz CT molecular complexity index is 538. The van der Waals surface area contributed by atoms with E-state index >= 15 is 0 Å². The van der Waals surface area contributed by atoms with Gasteiger partial charge in [-0.05, 0) is 31.9 Å². The van der Waals surface area contributed by atoms with Crippen LogP contribution in [0.1, 0.15) is 28.8 Å². The highest BCUT2D eigenvalue weighted by atomic mass is 16.5. The monoisotopic (exact) mass is 292 g/mol. The zero-order chi connectivity index (χ0) is 15.4. The van der Waals surface area contributed by atoms with Crippen LogP contribution in [0.25, 0.3) is 0 Å². The highest BCUT2D eigenvalue weighted by molar-refractivity contribution is 6.00. The number of anilines is 1. The first-order valence-electron chi connectivity index (χ1n) is 6.94. The average molecular weight is 292 g/mol. The highest BCUT2D eigenvalue weighted by Gasteiger charge is 2.23. The van der Waals surface area contributed by atoms with Gasteiger partial charge in [-0.2, -0.15) is 0 Å². The molecule has 114 valence electrons. The van der Waals surface area contributed by atoms with Crippen LogP contribution in [0.3, 0.4) is 0 Å². The molecule has 2 rings (SSSR count). The van der Waals surface area contributed by atoms with Gasteiger partial charge >= 0.3 is 12.0 Å². The molecule has 0 unspecified atom stereocenters. The largest absolute Gasteiger partial charge is 0.478 e. The van der Waals surface area contributed by atoms with Gasteiger partial charge in [-0.1, -0.05) is 11.6 Å². The third-order valence-electron chi connectivity index (χ3n) is 3.71. The maximum absolute atomic E-state index is 12.3. The second-order valence-corrected chi connectivity index (χ2v) is 5.24. The number of rotatable bonds is 3. The van der Waals surface area contributed by atoms with Gasteiger partial charge in [-0.25, -0.2) is 9.59 Å². The normalized spacial score (nSPS) is 15.5. The fourth-order valence-corrected chi connectivity index (χ4v) is 2.39. The van der Waals surface area contributed by atoms with Crippen LogP contribution >= 0.6 is 0 Å². The first kappa shape index (κ1) is 15.3. The maximum Gasteiger partial charge on any atom is 0.337 e. The number of nitrogens with zero attached hydrogens (tertiary/aromatic N) is 1. The fraction of sp³-hybridized carbons (Fsp3) is 0.467. The Morgan fingerprint density at radius 1 is 1.33 bits per heavy atom. The van der Waals surface area contributed by atoms with Gasteiger partial charge in [0.2, 0.25) is 0 Å². The first-order valence-corrected chi connectivity index (χ1v) is 6.94. The van der Waals surface area contributed by atoms with Gasteiger partial charge in [0.25, 0.3) is 0 Å². The summed E-state index contributed by atoms with van der Waals surface area (Å²) in [5.41, 5.74) is 1.25. The number of hydrogen-bond donors (Lipinski definition) is 2. The number of carbonyl (C=O) groups excluding carboxylic acids is 1. The summed E-state index contributed by atoms with van der Waals surface area (Å²) < 4.78 is 5.28. The van der Waals surface area contributed by atoms with Crippen LogP contribution in [-0.4, -0.2) is 48.3 Å². The smallest absolute Gasteiger partial charge is 0.337 e. The van der Waals surface area contributed by atoms with E-state index in [9.17, 15) is 14.7 Å². The molecule has 21 heavy (non-hydrogen) atoms. The number of carbonyl (C=O) groups is 2. The minimum absolute atomic E-state index is 0.101. The molecule has 0 aromatic heterocycles. The lowest BCUT2D eigenvalue weighted by molar-refractivity contribution is 0.0544. The molecule has 2 N–H and O–H groups in total. The highest BCUT2D eigenvalue weighted by Crippen LogP contribution is 2.19. The van der Waals surface area contributed by atoms with Crippen molar-refractivity contribution in [2.75, 3.05) is 25.6 Å². The lowest BCUT2D eigenvalue weighted by Gasteiger charge is -2.31. The summed E-state index contributed by atoms with van der Waals surface area (Å²) in [5.74, 6) is -1.05. The number of urea groups is 1. The van der Waals surface area contributed by atoms with Gasteiger partial charge in [0, 0.05) is 26.3 Å². The van der Waals surface area contributed by atoms with Crippen molar-refractivity contribution in [2.24, 2.45) is 0 Å². The first-order chi connectivity index (χ1) is 9.99. The van der Waals surface area contributed by atoms with Gasteiger partial charge in [0.05, 0.1) is 11.3 Å². The number of aromatic carboxylic acids is 1. The number of nitrogens with one attached hydrogen (secondary N) is 1. The van der Waals surface area contributed by atoms with E-state index in [4.69, 9.17) is 4.74 Å². The van der Waals surface area contributed by atoms with Gasteiger partial charge in [0.1, 0.15) is 0 Å². The second-order valence-electron chi connectivity index (χ2n) is 5.24. The Kier molecular flexibility index (Phi) is 4.80. The van der Waals surface area contributed by atoms with E-state index in [1.54, 1.807) is 30.1 Å². The van der Waals surface area contributed by atoms with E-state index in [2.05, 4.69) is 5.32 Å². The van der Waals surface area contributed by atoms with Gasteiger partial charge < -0.3 is 20.1 Å². The fourth-order valence-electron chi connectivity index (χ4n) is 2.39. The lowest BCUT2D eigenvalue weighted by atomic mass is 10.1. The molecule has 1 aromatic rings. The van der Waals surface area contributed by atoms with E-state index in [1.807, 2.05) is 6.92 Å². The van der Waals surface area contributed by atoms with Crippen molar-refractivity contribution in [3.8, 4) is 0 Å². The van der Waals surface area contributed by atoms with E-state index < -0.39 is 5.97 Å². The van der Waals surface area contributed by atoms with Crippen molar-refractivity contribution >= 4 is 17.7 Å². The number of carboxylic acid groups (broad SMARTS) is 1. The zero-order valence-corrected chi connectivity index (χ0v) is 12.3. The molecule has 6 nitrogen and oxygen atoms in total. The molecule has 1 fully saturated rings. The molecule has 1 aliphatic rings. The predicted octanol–water partition coefficient (Wildman–Crippen LogP) is 2.34. The predicted molar refractivity (Wildman–Crippen MR) is 78.8 cm³/mol. The van der Waals surface area contributed by atoms with E-state index in [1.165, 1.54) is 0 Å². The van der Waals surface area contributed by atoms with Crippen molar-refractivity contribution in [2.45, 2.75) is 25.8 Å². The van der Waals surface area contributed by atoms with Crippen molar-refractivity contribution in [1.82, 2.24) is 4.90 Å². The molecule has 0 aliphatic carbocycles. The van der Waals surface area contributed by atoms with E-state index in [0.717, 1.165) is 18.4 Å². The quantitative estimate of drug-likeness (QED) is 0.896. The molecule has 0 atom stereocenters. The molecule has 6 heteroatoms. The van der Waals surface area contributed by atoms with Crippen LogP contribution in [0.15, 0.2) is 18.2 Å². The standard InChI is InChI=1S/C15H20N2O4/c1-10-3-4-13(12(9-10)14(18)19)16-15(20)17(2)11-5-7-21-8-6-11/h3-4,9,11H,5-8H2,1-2H3,(H,16,20)(H,18,19). The van der Waals surface area contributed by atoms with Crippen molar-refractivity contribution in [1.29, 1.82) is 0 Å². The molecule has 1 aromatic carbocycles. The van der Waals surface area contributed by atoms with Crippen LogP contribution in [0.5, 0.6) is 0 Å². The lowest BCUT2D eigenvalue weighted by Crippen LogP contribution is -2.43. The zero-order valence-electron chi connectivity index (χ0n) is 12.3. The number of aryl methyl sites for hydroxylation is 1. The van der Waals surface area contributed by atoms with Crippen LogP contribution in [-0.2, 0) is 4.74 Å². The average Bonchev–Trinajstić information content (AvgIpc) is 2.49. The summed E-state index contributed by atoms with van der Waals surface area (Å²) in [6, 6.07) is 4.77. The minimum Gasteiger partial charge on any atom is -0.478 e. The third kappa shape index (κ3) is 3.72. The summed E-state index contributed by atoms with van der Waals surface area (Å²) in [7, 11) is 1.72. The summed E-state index contributed by atoms with van der Waals surface area (Å²) in [6.07, 6.45) is 1.59. The molecule has 0 radical (unpaired) electrons. The molecule has 1 saturated heterocycles. The number of ether oxygens (including phenoxy) is 1. The van der Waals surface area contributed by atoms with Crippen molar-refractivity contribution in [3.63, 3.8) is 0 Å². The van der Waals surface area contributed by atoms with E-state index in [0.29, 0.717) is 18.9 Å². The summed E-state index contributed by atoms with van der Waals surface area (Å²) >= 11 is 0. The molecular weight excluding hydrogens is 272 g/mol. The van der Waals surface area contributed by atoms with Crippen LogP contribution in [0.4, 0.5) is 10.5 Å². The van der Waals surface area contributed by atoms with E-state index in [-0.39, 0.29) is 17.6 Å². The Labute approximate surface area is 123 Å². The maximum atomic E-state index is 12.3. The number of benzene rings is 1. The second kappa shape index (κ2) is 6.58. The molecule has 0 spiro atoms. The Morgan fingerprint density at radius 3 is 2.62 bits per heavy atom. The summed E-state index contributed by atoms with van der Waals surface area (Å²) in [6.45, 7) is 3.10. The van der Waals surface area contributed by atoms with Crippen molar-refractivity contribution in [3.05, 3.63) is 29.3 Å². The third-order valence-corrected chi connectivity index (χ3v) is 3.71. The Morgan fingerprint density at radius 2 is 2.00 bits per heavy atom. The molecule has 1 heterocycles. The summed E-state index contributed by atoms with van der Waals surface area (Å²) in [5, 5.41) is 11.9. The van der Waals surface area contributed by atoms with Crippen LogP contribution < -0.4 is 5.32 Å². The van der Waals surface area contributed by atoms with Gasteiger partial charge in [-0.15, -0.1) is 0 Å². The van der Waals surface area contributed by atoms with Crippen LogP contribution in [0.2, 0.25) is 0 Å². The Balaban J connectivity index is 2.10. The number of amides is 2. The molecular formula is C15H20N2O4. The SMILES string of the molecule is Cc1ccc(NC(=O)N(C)C2CCOCC2)c(C(=O)O)c1. The minimum atomic E-state index is -1.05. The number of hydrogen-bond acceptors (Lipinski definition) is 3. The van der Waals surface area contributed by atoms with Crippen molar-refractivity contribution < 1.29 is 19.4 Å².